The van der Waals surface area contributed by atoms with Crippen molar-refractivity contribution in [2.45, 2.75) is 27.7 Å². The zero-order valence-corrected chi connectivity index (χ0v) is 13.1. The Kier molecular flexibility index (Phi) is 6.37. The van der Waals surface area contributed by atoms with Gasteiger partial charge in [-0.3, -0.25) is 14.5 Å². The first-order chi connectivity index (χ1) is 9.83. The number of anilines is 1. The van der Waals surface area contributed by atoms with Gasteiger partial charge in [0.1, 0.15) is 0 Å². The van der Waals surface area contributed by atoms with Crippen LogP contribution in [0.2, 0.25) is 0 Å². The number of rotatable bonds is 7. The molecule has 0 fully saturated rings. The minimum atomic E-state index is -0.844. The zero-order chi connectivity index (χ0) is 16.0. The highest BCUT2D eigenvalue weighted by Crippen LogP contribution is 2.16. The predicted molar refractivity (Wildman–Crippen MR) is 83.5 cm³/mol. The molecule has 0 bridgehead atoms. The van der Waals surface area contributed by atoms with Gasteiger partial charge >= 0.3 is 5.97 Å². The van der Waals surface area contributed by atoms with E-state index in [2.05, 4.69) is 5.32 Å². The Balaban J connectivity index is 2.62. The van der Waals surface area contributed by atoms with Crippen molar-refractivity contribution < 1.29 is 14.7 Å². The molecule has 1 atom stereocenters. The lowest BCUT2D eigenvalue weighted by Crippen LogP contribution is -2.37. The Morgan fingerprint density at radius 3 is 2.57 bits per heavy atom. The highest BCUT2D eigenvalue weighted by Gasteiger charge is 2.17. The fourth-order valence-corrected chi connectivity index (χ4v) is 2.03. The highest BCUT2D eigenvalue weighted by atomic mass is 16.4. The molecule has 0 spiro atoms. The minimum absolute atomic E-state index is 0.122. The van der Waals surface area contributed by atoms with Gasteiger partial charge in [-0.2, -0.15) is 0 Å². The molecule has 5 heteroatoms. The summed E-state index contributed by atoms with van der Waals surface area (Å²) < 4.78 is 0. The van der Waals surface area contributed by atoms with Crippen LogP contribution < -0.4 is 5.32 Å². The van der Waals surface area contributed by atoms with Crippen LogP contribution in [0.3, 0.4) is 0 Å². The van der Waals surface area contributed by atoms with Crippen molar-refractivity contribution in [2.24, 2.45) is 5.92 Å². The van der Waals surface area contributed by atoms with E-state index >= 15 is 0 Å². The van der Waals surface area contributed by atoms with E-state index in [0.717, 1.165) is 16.8 Å². The van der Waals surface area contributed by atoms with Crippen LogP contribution in [0.15, 0.2) is 18.2 Å². The van der Waals surface area contributed by atoms with Gasteiger partial charge in [0, 0.05) is 12.2 Å². The Labute approximate surface area is 126 Å². The third-order valence-electron chi connectivity index (χ3n) is 3.44. The van der Waals surface area contributed by atoms with Crippen LogP contribution >= 0.6 is 0 Å². The van der Waals surface area contributed by atoms with Crippen molar-refractivity contribution in [1.29, 1.82) is 0 Å². The maximum Gasteiger partial charge on any atom is 0.307 e. The van der Waals surface area contributed by atoms with Crippen LogP contribution in [0.1, 0.15) is 25.0 Å². The molecule has 1 rings (SSSR count). The molecule has 2 N–H and O–H groups in total. The quantitative estimate of drug-likeness (QED) is 0.809. The van der Waals surface area contributed by atoms with Crippen LogP contribution in [-0.4, -0.2) is 41.5 Å². The summed E-state index contributed by atoms with van der Waals surface area (Å²) in [6.07, 6.45) is 0. The van der Waals surface area contributed by atoms with E-state index in [1.165, 1.54) is 0 Å². The number of carboxylic acid groups (broad SMARTS) is 1. The molecule has 1 unspecified atom stereocenters. The van der Waals surface area contributed by atoms with E-state index in [9.17, 15) is 9.59 Å². The Bertz CT molecular complexity index is 514. The number of hydrogen-bond donors (Lipinski definition) is 2. The first-order valence-corrected chi connectivity index (χ1v) is 7.15. The van der Waals surface area contributed by atoms with Gasteiger partial charge in [-0.15, -0.1) is 0 Å². The first-order valence-electron chi connectivity index (χ1n) is 7.15. The van der Waals surface area contributed by atoms with Gasteiger partial charge in [0.15, 0.2) is 0 Å². The van der Waals surface area contributed by atoms with E-state index in [4.69, 9.17) is 5.11 Å². The van der Waals surface area contributed by atoms with Crippen molar-refractivity contribution in [3.8, 4) is 0 Å². The number of amides is 1. The van der Waals surface area contributed by atoms with Crippen molar-refractivity contribution in [3.63, 3.8) is 0 Å². The number of aliphatic carboxylic acids is 1. The number of aryl methyl sites for hydroxylation is 2. The molecule has 0 saturated heterocycles. The maximum atomic E-state index is 12.1. The summed E-state index contributed by atoms with van der Waals surface area (Å²) in [5.41, 5.74) is 2.90. The summed E-state index contributed by atoms with van der Waals surface area (Å²) in [4.78, 5) is 24.8. The molecule has 0 radical (unpaired) electrons. The van der Waals surface area contributed by atoms with Gasteiger partial charge in [0.05, 0.1) is 12.5 Å². The van der Waals surface area contributed by atoms with Gasteiger partial charge in [0.2, 0.25) is 5.91 Å². The number of likely N-dealkylation sites (N-methyl/N-ethyl adjacent to an activating group) is 1. The Morgan fingerprint density at radius 2 is 2.00 bits per heavy atom. The van der Waals surface area contributed by atoms with Crippen molar-refractivity contribution in [1.82, 2.24) is 4.90 Å². The topological polar surface area (TPSA) is 69.6 Å². The summed E-state index contributed by atoms with van der Waals surface area (Å²) in [5.74, 6) is -1.45. The lowest BCUT2D eigenvalue weighted by molar-refractivity contribution is -0.142. The van der Waals surface area contributed by atoms with Crippen molar-refractivity contribution >= 4 is 17.6 Å². The predicted octanol–water partition coefficient (Wildman–Crippen LogP) is 2.28. The van der Waals surface area contributed by atoms with Crippen LogP contribution in [0.25, 0.3) is 0 Å². The molecule has 0 heterocycles. The fraction of sp³-hybridized carbons (Fsp3) is 0.500. The largest absolute Gasteiger partial charge is 0.481 e. The summed E-state index contributed by atoms with van der Waals surface area (Å²) >= 11 is 0. The van der Waals surface area contributed by atoms with Gasteiger partial charge in [-0.05, 0) is 37.6 Å². The molecule has 1 aromatic carbocycles. The number of benzene rings is 1. The molecule has 0 aliphatic heterocycles. The van der Waals surface area contributed by atoms with Crippen molar-refractivity contribution in [2.75, 3.05) is 25.0 Å². The lowest BCUT2D eigenvalue weighted by Gasteiger charge is -2.22. The SMILES string of the molecule is CCN(CC(=O)Nc1cc(C)ccc1C)CC(C)C(=O)O. The number of carboxylic acids is 1. The second-order valence-electron chi connectivity index (χ2n) is 5.43. The normalized spacial score (nSPS) is 12.2. The average molecular weight is 292 g/mol. The third-order valence-corrected chi connectivity index (χ3v) is 3.44. The van der Waals surface area contributed by atoms with Crippen LogP contribution in [-0.2, 0) is 9.59 Å². The number of hydrogen-bond acceptors (Lipinski definition) is 3. The molecule has 21 heavy (non-hydrogen) atoms. The summed E-state index contributed by atoms with van der Waals surface area (Å²) in [6, 6.07) is 5.90. The molecule has 0 aromatic heterocycles. The van der Waals surface area contributed by atoms with Crippen LogP contribution in [0.4, 0.5) is 5.69 Å². The smallest absolute Gasteiger partial charge is 0.307 e. The zero-order valence-electron chi connectivity index (χ0n) is 13.1. The van der Waals surface area contributed by atoms with Crippen LogP contribution in [0.5, 0.6) is 0 Å². The third kappa shape index (κ3) is 5.55. The molecular weight excluding hydrogens is 268 g/mol. The minimum Gasteiger partial charge on any atom is -0.481 e. The summed E-state index contributed by atoms with van der Waals surface area (Å²) in [5, 5.41) is 11.8. The monoisotopic (exact) mass is 292 g/mol. The summed E-state index contributed by atoms with van der Waals surface area (Å²) in [6.45, 7) is 8.68. The van der Waals surface area contributed by atoms with E-state index in [1.807, 2.05) is 43.9 Å². The molecule has 5 nitrogen and oxygen atoms in total. The Morgan fingerprint density at radius 1 is 1.33 bits per heavy atom. The standard InChI is InChI=1S/C16H24N2O3/c1-5-18(9-13(4)16(20)21)10-15(19)17-14-8-11(2)6-7-12(14)3/h6-8,13H,5,9-10H2,1-4H3,(H,17,19)(H,20,21). The molecule has 116 valence electrons. The molecule has 0 saturated carbocycles. The highest BCUT2D eigenvalue weighted by molar-refractivity contribution is 5.93. The van der Waals surface area contributed by atoms with Gasteiger partial charge in [-0.1, -0.05) is 26.0 Å². The average Bonchev–Trinajstić information content (AvgIpc) is 2.41. The Hall–Kier alpha value is -1.88. The molecule has 0 aliphatic rings. The van der Waals surface area contributed by atoms with E-state index < -0.39 is 11.9 Å². The van der Waals surface area contributed by atoms with Crippen LogP contribution in [0, 0.1) is 19.8 Å². The van der Waals surface area contributed by atoms with Gasteiger partial charge in [-0.25, -0.2) is 0 Å². The maximum absolute atomic E-state index is 12.1. The number of nitrogens with one attached hydrogen (secondary N) is 1. The second-order valence-corrected chi connectivity index (χ2v) is 5.43. The molecule has 1 amide bonds. The molecule has 0 aliphatic carbocycles. The van der Waals surface area contributed by atoms with E-state index in [-0.39, 0.29) is 12.5 Å². The van der Waals surface area contributed by atoms with Crippen molar-refractivity contribution in [3.05, 3.63) is 29.3 Å². The second kappa shape index (κ2) is 7.78. The first kappa shape index (κ1) is 17.2. The molecular formula is C16H24N2O3. The number of carbonyl (C=O) groups is 2. The fourth-order valence-electron chi connectivity index (χ4n) is 2.03. The van der Waals surface area contributed by atoms with E-state index in [1.54, 1.807) is 6.92 Å². The van der Waals surface area contributed by atoms with Gasteiger partial charge in [0.25, 0.3) is 0 Å². The number of nitrogens with zero attached hydrogens (tertiary/aromatic N) is 1. The number of carbonyl (C=O) groups excluding carboxylic acids is 1. The lowest BCUT2D eigenvalue weighted by atomic mass is 10.1. The molecule has 1 aromatic rings. The van der Waals surface area contributed by atoms with Gasteiger partial charge < -0.3 is 10.4 Å². The summed E-state index contributed by atoms with van der Waals surface area (Å²) in [7, 11) is 0. The van der Waals surface area contributed by atoms with E-state index in [0.29, 0.717) is 13.1 Å².